The lowest BCUT2D eigenvalue weighted by atomic mass is 9.90. The summed E-state index contributed by atoms with van der Waals surface area (Å²) < 4.78 is 5.14. The van der Waals surface area contributed by atoms with Gasteiger partial charge in [-0.1, -0.05) is 6.92 Å². The minimum Gasteiger partial charge on any atom is -0.480 e. The first-order valence-corrected chi connectivity index (χ1v) is 7.34. The summed E-state index contributed by atoms with van der Waals surface area (Å²) in [5.41, 5.74) is -1.23. The monoisotopic (exact) mass is 298 g/mol. The lowest BCUT2D eigenvalue weighted by Gasteiger charge is -2.33. The topological polar surface area (TPSA) is 105 Å². The van der Waals surface area contributed by atoms with E-state index < -0.39 is 11.5 Å². The van der Waals surface area contributed by atoms with Crippen molar-refractivity contribution in [1.82, 2.24) is 10.6 Å². The van der Waals surface area contributed by atoms with Gasteiger partial charge in [0.15, 0.2) is 0 Å². The minimum absolute atomic E-state index is 0.0192. The lowest BCUT2D eigenvalue weighted by molar-refractivity contribution is -0.152. The molecule has 2 amide bonds. The molecule has 2 fully saturated rings. The number of hydrogen-bond donors (Lipinski definition) is 3. The van der Waals surface area contributed by atoms with Crippen LogP contribution in [0, 0.1) is 11.8 Å². The number of hydrogen-bond acceptors (Lipinski definition) is 4. The standard InChI is InChI=1S/C14H22N2O5/c1-9-8-10(9)12(18)15-5-2-11(17)16-14(13(19)20)3-6-21-7-4-14/h9-10H,2-8H2,1H3,(H,15,18)(H,16,17)(H,19,20). The highest BCUT2D eigenvalue weighted by Gasteiger charge is 2.41. The van der Waals surface area contributed by atoms with E-state index in [1.54, 1.807) is 0 Å². The zero-order chi connectivity index (χ0) is 15.5. The van der Waals surface area contributed by atoms with Crippen molar-refractivity contribution >= 4 is 17.8 Å². The first-order valence-electron chi connectivity index (χ1n) is 7.34. The van der Waals surface area contributed by atoms with Crippen LogP contribution in [0.15, 0.2) is 0 Å². The van der Waals surface area contributed by atoms with Gasteiger partial charge in [0.1, 0.15) is 5.54 Å². The van der Waals surface area contributed by atoms with E-state index in [0.29, 0.717) is 19.1 Å². The molecule has 1 aliphatic carbocycles. The van der Waals surface area contributed by atoms with E-state index in [2.05, 4.69) is 10.6 Å². The van der Waals surface area contributed by atoms with Crippen molar-refractivity contribution in [2.24, 2.45) is 11.8 Å². The molecule has 1 aliphatic heterocycles. The molecule has 0 spiro atoms. The predicted molar refractivity (Wildman–Crippen MR) is 73.5 cm³/mol. The number of carboxylic acids is 1. The van der Waals surface area contributed by atoms with E-state index >= 15 is 0 Å². The van der Waals surface area contributed by atoms with Crippen molar-refractivity contribution < 1.29 is 24.2 Å². The molecule has 1 saturated heterocycles. The molecule has 0 aromatic carbocycles. The first-order chi connectivity index (χ1) is 9.94. The number of aliphatic carboxylic acids is 1. The second kappa shape index (κ2) is 6.43. The van der Waals surface area contributed by atoms with E-state index in [-0.39, 0.29) is 43.5 Å². The van der Waals surface area contributed by atoms with Gasteiger partial charge in [0, 0.05) is 44.9 Å². The quantitative estimate of drug-likeness (QED) is 0.635. The summed E-state index contributed by atoms with van der Waals surface area (Å²) in [7, 11) is 0. The van der Waals surface area contributed by atoms with Crippen LogP contribution in [0.3, 0.4) is 0 Å². The molecule has 1 saturated carbocycles. The third-order valence-corrected chi connectivity index (χ3v) is 4.23. The third kappa shape index (κ3) is 3.93. The molecule has 2 unspecified atom stereocenters. The molecule has 0 radical (unpaired) electrons. The second-order valence-electron chi connectivity index (χ2n) is 5.91. The van der Waals surface area contributed by atoms with Crippen LogP contribution in [0.1, 0.15) is 32.6 Å². The molecule has 7 nitrogen and oxygen atoms in total. The van der Waals surface area contributed by atoms with Gasteiger partial charge in [-0.15, -0.1) is 0 Å². The van der Waals surface area contributed by atoms with E-state index in [1.165, 1.54) is 0 Å². The van der Waals surface area contributed by atoms with Gasteiger partial charge in [-0.2, -0.15) is 0 Å². The summed E-state index contributed by atoms with van der Waals surface area (Å²) in [5.74, 6) is -0.905. The van der Waals surface area contributed by atoms with Crippen LogP contribution >= 0.6 is 0 Å². The maximum Gasteiger partial charge on any atom is 0.329 e. The molecule has 2 atom stereocenters. The Morgan fingerprint density at radius 3 is 2.43 bits per heavy atom. The van der Waals surface area contributed by atoms with Gasteiger partial charge in [-0.05, 0) is 12.3 Å². The molecular weight excluding hydrogens is 276 g/mol. The second-order valence-corrected chi connectivity index (χ2v) is 5.91. The fraction of sp³-hybridized carbons (Fsp3) is 0.786. The first kappa shape index (κ1) is 15.8. The smallest absolute Gasteiger partial charge is 0.329 e. The Morgan fingerprint density at radius 2 is 1.90 bits per heavy atom. The van der Waals surface area contributed by atoms with Crippen LogP contribution in [0.5, 0.6) is 0 Å². The van der Waals surface area contributed by atoms with Gasteiger partial charge < -0.3 is 20.5 Å². The van der Waals surface area contributed by atoms with Crippen molar-refractivity contribution in [3.8, 4) is 0 Å². The Morgan fingerprint density at radius 1 is 1.29 bits per heavy atom. The van der Waals surface area contributed by atoms with E-state index in [0.717, 1.165) is 6.42 Å². The third-order valence-electron chi connectivity index (χ3n) is 4.23. The summed E-state index contributed by atoms with van der Waals surface area (Å²) in [4.78, 5) is 34.9. The molecule has 3 N–H and O–H groups in total. The molecule has 2 aliphatic rings. The van der Waals surface area contributed by atoms with Crippen LogP contribution in [0.4, 0.5) is 0 Å². The van der Waals surface area contributed by atoms with Crippen LogP contribution in [-0.4, -0.2) is 48.2 Å². The fourth-order valence-electron chi connectivity index (χ4n) is 2.56. The Balaban J connectivity index is 1.74. The summed E-state index contributed by atoms with van der Waals surface area (Å²) in [6.45, 7) is 2.89. The molecule has 0 aromatic rings. The van der Waals surface area contributed by atoms with Gasteiger partial charge in [-0.3, -0.25) is 9.59 Å². The van der Waals surface area contributed by atoms with E-state index in [9.17, 15) is 19.5 Å². The van der Waals surface area contributed by atoms with Crippen molar-refractivity contribution in [1.29, 1.82) is 0 Å². The summed E-state index contributed by atoms with van der Waals surface area (Å²) >= 11 is 0. The maximum absolute atomic E-state index is 11.9. The number of carbonyl (C=O) groups excluding carboxylic acids is 2. The predicted octanol–water partition coefficient (Wildman–Crippen LogP) is -0.101. The molecule has 0 aromatic heterocycles. The molecular formula is C14H22N2O5. The highest BCUT2D eigenvalue weighted by Crippen LogP contribution is 2.37. The maximum atomic E-state index is 11.9. The van der Waals surface area contributed by atoms with E-state index in [4.69, 9.17) is 4.74 Å². The average molecular weight is 298 g/mol. The molecule has 0 bridgehead atoms. The van der Waals surface area contributed by atoms with Crippen LogP contribution < -0.4 is 10.6 Å². The van der Waals surface area contributed by atoms with Gasteiger partial charge >= 0.3 is 5.97 Å². The molecule has 2 rings (SSSR count). The lowest BCUT2D eigenvalue weighted by Crippen LogP contribution is -2.57. The summed E-state index contributed by atoms with van der Waals surface area (Å²) in [6, 6.07) is 0. The zero-order valence-electron chi connectivity index (χ0n) is 12.2. The van der Waals surface area contributed by atoms with Crippen LogP contribution in [0.25, 0.3) is 0 Å². The highest BCUT2D eigenvalue weighted by molar-refractivity contribution is 5.87. The number of rotatable bonds is 6. The molecule has 1 heterocycles. The number of ether oxygens (including phenoxy) is 1. The van der Waals surface area contributed by atoms with Crippen molar-refractivity contribution in [2.45, 2.75) is 38.1 Å². The number of nitrogens with one attached hydrogen (secondary N) is 2. The fourth-order valence-corrected chi connectivity index (χ4v) is 2.56. The summed E-state index contributed by atoms with van der Waals surface area (Å²) in [6.07, 6.45) is 1.52. The van der Waals surface area contributed by atoms with Gasteiger partial charge in [-0.25, -0.2) is 4.79 Å². The van der Waals surface area contributed by atoms with Crippen molar-refractivity contribution in [3.05, 3.63) is 0 Å². The Labute approximate surface area is 123 Å². The number of amides is 2. The average Bonchev–Trinajstić information content (AvgIpc) is 3.16. The Bertz CT molecular complexity index is 431. The zero-order valence-corrected chi connectivity index (χ0v) is 12.2. The number of carboxylic acid groups (broad SMARTS) is 1. The Kier molecular flexibility index (Phi) is 4.82. The van der Waals surface area contributed by atoms with Gasteiger partial charge in [0.2, 0.25) is 11.8 Å². The number of carbonyl (C=O) groups is 3. The summed E-state index contributed by atoms with van der Waals surface area (Å²) in [5, 5.41) is 14.6. The SMILES string of the molecule is CC1CC1C(=O)NCCC(=O)NC1(C(=O)O)CCOCC1. The van der Waals surface area contributed by atoms with Crippen molar-refractivity contribution in [3.63, 3.8) is 0 Å². The molecule has 118 valence electrons. The van der Waals surface area contributed by atoms with Gasteiger partial charge in [0.05, 0.1) is 0 Å². The molecule has 21 heavy (non-hydrogen) atoms. The highest BCUT2D eigenvalue weighted by atomic mass is 16.5. The van der Waals surface area contributed by atoms with Crippen molar-refractivity contribution in [2.75, 3.05) is 19.8 Å². The van der Waals surface area contributed by atoms with Crippen LogP contribution in [0.2, 0.25) is 0 Å². The van der Waals surface area contributed by atoms with Crippen LogP contribution in [-0.2, 0) is 19.1 Å². The Hall–Kier alpha value is -1.63. The normalized spacial score (nSPS) is 26.7. The molecule has 7 heteroatoms. The van der Waals surface area contributed by atoms with Gasteiger partial charge in [0.25, 0.3) is 0 Å². The minimum atomic E-state index is -1.23. The van der Waals surface area contributed by atoms with E-state index in [1.807, 2.05) is 6.92 Å². The largest absolute Gasteiger partial charge is 0.480 e.